The molecule has 0 radical (unpaired) electrons. The first-order valence-electron chi connectivity index (χ1n) is 6.13. The molecule has 0 spiro atoms. The largest absolute Gasteiger partial charge is 0.470 e. The molecule has 0 aliphatic carbocycles. The second-order valence-corrected chi connectivity index (χ2v) is 5.22. The molecule has 0 aliphatic heterocycles. The number of anilines is 1. The monoisotopic (exact) mass is 394 g/mol. The maximum absolute atomic E-state index is 5.74. The zero-order chi connectivity index (χ0) is 14.7. The zero-order valence-corrected chi connectivity index (χ0v) is 13.0. The molecule has 0 fully saturated rings. The number of furan rings is 1. The predicted molar refractivity (Wildman–Crippen MR) is 85.4 cm³/mol. The van der Waals surface area contributed by atoms with E-state index in [0.717, 1.165) is 9.26 Å². The molecule has 3 aromatic heterocycles. The summed E-state index contributed by atoms with van der Waals surface area (Å²) in [4.78, 5) is 12.5. The molecule has 0 amide bonds. The van der Waals surface area contributed by atoms with Gasteiger partial charge in [0.05, 0.1) is 12.0 Å². The van der Waals surface area contributed by atoms with Crippen molar-refractivity contribution in [2.24, 2.45) is 0 Å². The summed E-state index contributed by atoms with van der Waals surface area (Å²) in [5.74, 6) is 1.18. The molecule has 21 heavy (non-hydrogen) atoms. The standard InChI is InChI=1S/C14H11IN4O2/c15-11-12(10-5-3-7-20-10)18-14(16)19-13(11)21-8-9-4-1-2-6-17-9/h1-7H,8H2,(H2,16,18,19). The maximum atomic E-state index is 5.74. The fourth-order valence-corrected chi connectivity index (χ4v) is 2.40. The summed E-state index contributed by atoms with van der Waals surface area (Å²) in [7, 11) is 0. The van der Waals surface area contributed by atoms with Gasteiger partial charge in [-0.3, -0.25) is 4.98 Å². The van der Waals surface area contributed by atoms with Crippen LogP contribution in [0.1, 0.15) is 5.69 Å². The molecule has 3 aromatic rings. The normalized spacial score (nSPS) is 10.5. The van der Waals surface area contributed by atoms with Crippen LogP contribution in [0, 0.1) is 3.57 Å². The topological polar surface area (TPSA) is 87.1 Å². The molecule has 0 aromatic carbocycles. The van der Waals surface area contributed by atoms with Crippen molar-refractivity contribution in [1.29, 1.82) is 0 Å². The van der Waals surface area contributed by atoms with Gasteiger partial charge < -0.3 is 14.9 Å². The van der Waals surface area contributed by atoms with Crippen molar-refractivity contribution in [3.05, 3.63) is 52.1 Å². The number of hydrogen-bond acceptors (Lipinski definition) is 6. The first-order valence-corrected chi connectivity index (χ1v) is 7.21. The number of hydrogen-bond donors (Lipinski definition) is 1. The van der Waals surface area contributed by atoms with Crippen LogP contribution < -0.4 is 10.5 Å². The van der Waals surface area contributed by atoms with Gasteiger partial charge in [-0.2, -0.15) is 4.98 Å². The summed E-state index contributed by atoms with van der Waals surface area (Å²) in [5, 5.41) is 0. The Balaban J connectivity index is 1.89. The third kappa shape index (κ3) is 3.13. The molecule has 0 saturated carbocycles. The van der Waals surface area contributed by atoms with Crippen molar-refractivity contribution < 1.29 is 9.15 Å². The highest BCUT2D eigenvalue weighted by Gasteiger charge is 2.16. The van der Waals surface area contributed by atoms with Crippen LogP contribution in [0.5, 0.6) is 5.88 Å². The van der Waals surface area contributed by atoms with E-state index in [4.69, 9.17) is 14.9 Å². The average Bonchev–Trinajstić information content (AvgIpc) is 3.03. The summed E-state index contributed by atoms with van der Waals surface area (Å²) in [6.45, 7) is 0.310. The smallest absolute Gasteiger partial charge is 0.233 e. The van der Waals surface area contributed by atoms with Gasteiger partial charge in [-0.1, -0.05) is 6.07 Å². The minimum absolute atomic E-state index is 0.137. The van der Waals surface area contributed by atoms with Crippen molar-refractivity contribution in [2.45, 2.75) is 6.61 Å². The molecule has 0 saturated heterocycles. The Labute approximate surface area is 134 Å². The molecule has 6 nitrogen and oxygen atoms in total. The lowest BCUT2D eigenvalue weighted by Crippen LogP contribution is -2.06. The van der Waals surface area contributed by atoms with E-state index in [2.05, 4.69) is 37.5 Å². The van der Waals surface area contributed by atoms with Crippen LogP contribution in [-0.2, 0) is 6.61 Å². The van der Waals surface area contributed by atoms with E-state index in [0.29, 0.717) is 23.9 Å². The van der Waals surface area contributed by atoms with Gasteiger partial charge in [-0.25, -0.2) is 4.98 Å². The van der Waals surface area contributed by atoms with E-state index in [1.54, 1.807) is 18.5 Å². The van der Waals surface area contributed by atoms with Gasteiger partial charge in [0.15, 0.2) is 5.76 Å². The first-order chi connectivity index (χ1) is 10.2. The first kappa shape index (κ1) is 13.8. The second kappa shape index (κ2) is 6.08. The van der Waals surface area contributed by atoms with Gasteiger partial charge in [0.25, 0.3) is 0 Å². The molecule has 106 valence electrons. The minimum Gasteiger partial charge on any atom is -0.470 e. The summed E-state index contributed by atoms with van der Waals surface area (Å²) < 4.78 is 11.8. The number of nitrogens with two attached hydrogens (primary N) is 1. The molecule has 0 aliphatic rings. The molecule has 3 heterocycles. The third-order valence-corrected chi connectivity index (χ3v) is 3.65. The summed E-state index contributed by atoms with van der Waals surface area (Å²) in [6, 6.07) is 9.24. The highest BCUT2D eigenvalue weighted by molar-refractivity contribution is 14.1. The van der Waals surface area contributed by atoms with Gasteiger partial charge in [-0.05, 0) is 46.9 Å². The number of nitrogen functional groups attached to an aromatic ring is 1. The Morgan fingerprint density at radius 3 is 2.81 bits per heavy atom. The Morgan fingerprint density at radius 2 is 2.10 bits per heavy atom. The van der Waals surface area contributed by atoms with Crippen molar-refractivity contribution in [1.82, 2.24) is 15.0 Å². The third-order valence-electron chi connectivity index (χ3n) is 2.68. The van der Waals surface area contributed by atoms with Crippen LogP contribution in [0.3, 0.4) is 0 Å². The molecule has 3 rings (SSSR count). The fraction of sp³-hybridized carbons (Fsp3) is 0.0714. The summed E-state index contributed by atoms with van der Waals surface area (Å²) in [6.07, 6.45) is 3.30. The lowest BCUT2D eigenvalue weighted by molar-refractivity contribution is 0.287. The van der Waals surface area contributed by atoms with Gasteiger partial charge in [0, 0.05) is 6.20 Å². The molecule has 0 bridgehead atoms. The molecular weight excluding hydrogens is 383 g/mol. The average molecular weight is 394 g/mol. The van der Waals surface area contributed by atoms with E-state index < -0.39 is 0 Å². The number of halogens is 1. The van der Waals surface area contributed by atoms with E-state index >= 15 is 0 Å². The van der Waals surface area contributed by atoms with Gasteiger partial charge >= 0.3 is 0 Å². The molecule has 2 N–H and O–H groups in total. The lowest BCUT2D eigenvalue weighted by Gasteiger charge is -2.09. The van der Waals surface area contributed by atoms with Crippen LogP contribution in [0.4, 0.5) is 5.95 Å². The molecule has 7 heteroatoms. The SMILES string of the molecule is Nc1nc(OCc2ccccn2)c(I)c(-c2ccco2)n1. The number of aromatic nitrogens is 3. The number of rotatable bonds is 4. The van der Waals surface area contributed by atoms with Gasteiger partial charge in [-0.15, -0.1) is 0 Å². The number of pyridine rings is 1. The van der Waals surface area contributed by atoms with Crippen LogP contribution in [0.15, 0.2) is 47.2 Å². The van der Waals surface area contributed by atoms with E-state index in [9.17, 15) is 0 Å². The van der Waals surface area contributed by atoms with Crippen LogP contribution in [0.2, 0.25) is 0 Å². The van der Waals surface area contributed by atoms with E-state index in [1.807, 2.05) is 24.3 Å². The second-order valence-electron chi connectivity index (χ2n) is 4.14. The maximum Gasteiger partial charge on any atom is 0.233 e. The molecule has 0 atom stereocenters. The summed E-state index contributed by atoms with van der Waals surface area (Å²) >= 11 is 2.12. The molecule has 0 unspecified atom stereocenters. The number of ether oxygens (including phenoxy) is 1. The Bertz CT molecular complexity index is 732. The van der Waals surface area contributed by atoms with Gasteiger partial charge in [0.2, 0.25) is 11.8 Å². The van der Waals surface area contributed by atoms with Crippen LogP contribution in [0.25, 0.3) is 11.5 Å². The van der Waals surface area contributed by atoms with Crippen molar-refractivity contribution >= 4 is 28.5 Å². The highest BCUT2D eigenvalue weighted by atomic mass is 127. The van der Waals surface area contributed by atoms with Crippen molar-refractivity contribution in [3.8, 4) is 17.3 Å². The van der Waals surface area contributed by atoms with Crippen molar-refractivity contribution in [3.63, 3.8) is 0 Å². The summed E-state index contributed by atoms with van der Waals surface area (Å²) in [5.41, 5.74) is 7.17. The van der Waals surface area contributed by atoms with Gasteiger partial charge in [0.1, 0.15) is 15.9 Å². The number of nitrogens with zero attached hydrogens (tertiary/aromatic N) is 3. The van der Waals surface area contributed by atoms with E-state index in [-0.39, 0.29) is 5.95 Å². The van der Waals surface area contributed by atoms with Crippen LogP contribution in [-0.4, -0.2) is 15.0 Å². The zero-order valence-electron chi connectivity index (χ0n) is 10.9. The lowest BCUT2D eigenvalue weighted by atomic mass is 10.3. The molecular formula is C14H11IN4O2. The predicted octanol–water partition coefficient (Wildman–Crippen LogP) is 2.90. The minimum atomic E-state index is 0.137. The van der Waals surface area contributed by atoms with E-state index in [1.165, 1.54) is 0 Å². The van der Waals surface area contributed by atoms with Crippen molar-refractivity contribution in [2.75, 3.05) is 5.73 Å². The quantitative estimate of drug-likeness (QED) is 0.685. The fourth-order valence-electron chi connectivity index (χ4n) is 1.74. The Hall–Kier alpha value is -2.16. The Kier molecular flexibility index (Phi) is 4.00. The Morgan fingerprint density at radius 1 is 1.19 bits per heavy atom. The van der Waals surface area contributed by atoms with Crippen LogP contribution >= 0.6 is 22.6 Å². The highest BCUT2D eigenvalue weighted by Crippen LogP contribution is 2.30.